The van der Waals surface area contributed by atoms with Crippen LogP contribution in [-0.2, 0) is 4.79 Å². The van der Waals surface area contributed by atoms with Crippen LogP contribution in [0.25, 0.3) is 0 Å². The summed E-state index contributed by atoms with van der Waals surface area (Å²) in [5.74, 6) is 4.62. The maximum atomic E-state index is 12.1. The van der Waals surface area contributed by atoms with E-state index in [2.05, 4.69) is 34.6 Å². The largest absolute Gasteiger partial charge is 0.300 e. The number of Topliss-reactive ketones (excluding diaryl/α,β-unsaturated/α-hetero) is 1. The molecule has 0 aromatic rings. The van der Waals surface area contributed by atoms with Crippen molar-refractivity contribution in [2.75, 3.05) is 0 Å². The van der Waals surface area contributed by atoms with E-state index in [0.29, 0.717) is 22.5 Å². The van der Waals surface area contributed by atoms with Crippen LogP contribution in [0.5, 0.6) is 0 Å². The molecule has 4 aliphatic carbocycles. The van der Waals surface area contributed by atoms with Crippen molar-refractivity contribution < 1.29 is 4.79 Å². The van der Waals surface area contributed by atoms with E-state index in [1.165, 1.54) is 57.8 Å². The molecule has 0 N–H and O–H groups in total. The summed E-state index contributed by atoms with van der Waals surface area (Å²) in [5.41, 5.74) is 4.69. The highest BCUT2D eigenvalue weighted by Gasteiger charge is 2.55. The molecule has 0 spiro atoms. The second-order valence-electron chi connectivity index (χ2n) is 11.9. The lowest BCUT2D eigenvalue weighted by Crippen LogP contribution is -2.47. The van der Waals surface area contributed by atoms with Crippen molar-refractivity contribution in [1.29, 1.82) is 0 Å². The summed E-state index contributed by atoms with van der Waals surface area (Å²) in [6.45, 7) is 12.5. The van der Waals surface area contributed by atoms with Crippen LogP contribution in [0, 0.1) is 40.4 Å². The van der Waals surface area contributed by atoms with Crippen molar-refractivity contribution in [1.82, 2.24) is 0 Å². The van der Waals surface area contributed by atoms with E-state index < -0.39 is 0 Å². The Balaban J connectivity index is 1.54. The Labute approximate surface area is 174 Å². The third-order valence-electron chi connectivity index (χ3n) is 10.0. The molecule has 4 aliphatic rings. The highest BCUT2D eigenvalue weighted by molar-refractivity contribution is 5.79. The van der Waals surface area contributed by atoms with Crippen molar-refractivity contribution in [3.8, 4) is 0 Å². The van der Waals surface area contributed by atoms with Gasteiger partial charge in [0.05, 0.1) is 0 Å². The van der Waals surface area contributed by atoms with Gasteiger partial charge in [0.2, 0.25) is 0 Å². The van der Waals surface area contributed by atoms with E-state index in [9.17, 15) is 4.79 Å². The third kappa shape index (κ3) is 3.33. The van der Waals surface area contributed by atoms with Crippen LogP contribution in [0.2, 0.25) is 0 Å². The molecule has 0 unspecified atom stereocenters. The van der Waals surface area contributed by atoms with E-state index in [1.54, 1.807) is 0 Å². The quantitative estimate of drug-likeness (QED) is 0.443. The molecule has 3 fully saturated rings. The first-order valence-electron chi connectivity index (χ1n) is 12.5. The Kier molecular flexibility index (Phi) is 5.60. The molecule has 1 heteroatoms. The fourth-order valence-electron chi connectivity index (χ4n) is 8.28. The van der Waals surface area contributed by atoms with Gasteiger partial charge >= 0.3 is 0 Å². The molecule has 1 nitrogen and oxygen atoms in total. The zero-order chi connectivity index (χ0) is 20.1. The minimum atomic E-state index is 0.413. The molecule has 0 amide bonds. The number of hydrogen-bond donors (Lipinski definition) is 0. The van der Waals surface area contributed by atoms with Gasteiger partial charge in [-0.1, -0.05) is 65.0 Å². The van der Waals surface area contributed by atoms with Crippen molar-refractivity contribution in [2.45, 2.75) is 112 Å². The van der Waals surface area contributed by atoms with Crippen LogP contribution < -0.4 is 0 Å². The third-order valence-corrected chi connectivity index (χ3v) is 10.0. The first kappa shape index (κ1) is 20.7. The van der Waals surface area contributed by atoms with Gasteiger partial charge in [0.15, 0.2) is 0 Å². The van der Waals surface area contributed by atoms with Crippen LogP contribution in [0.3, 0.4) is 0 Å². The number of carbonyl (C=O) groups is 1. The normalized spacial score (nSPS) is 41.6. The smallest absolute Gasteiger partial charge is 0.133 e. The zero-order valence-electron chi connectivity index (χ0n) is 19.3. The lowest BCUT2D eigenvalue weighted by atomic mass is 9.49. The monoisotopic (exact) mass is 384 g/mol. The minimum Gasteiger partial charge on any atom is -0.300 e. The number of allylic oxidation sites excluding steroid dienone is 2. The van der Waals surface area contributed by atoms with Gasteiger partial charge in [-0.3, -0.25) is 4.79 Å². The van der Waals surface area contributed by atoms with Gasteiger partial charge in [0.1, 0.15) is 5.78 Å². The number of hydrogen-bond acceptors (Lipinski definition) is 1. The Morgan fingerprint density at radius 2 is 1.75 bits per heavy atom. The van der Waals surface area contributed by atoms with Crippen molar-refractivity contribution in [3.05, 3.63) is 11.1 Å². The summed E-state index contributed by atoms with van der Waals surface area (Å²) in [4.78, 5) is 12.1. The van der Waals surface area contributed by atoms with Crippen LogP contribution in [0.4, 0.5) is 0 Å². The SMILES string of the molecule is CC(C)CCC[C@@H](C)[C@H]1CCC2=C3CC[C@@H]4CC(=O)CC[C@]4(C)[C@H]3CC[C@@]21C. The van der Waals surface area contributed by atoms with Crippen molar-refractivity contribution in [2.24, 2.45) is 40.4 Å². The number of ketones is 1. The molecular formula is C27H44O. The van der Waals surface area contributed by atoms with E-state index in [-0.39, 0.29) is 0 Å². The fraction of sp³-hybridized carbons (Fsp3) is 0.889. The molecule has 158 valence electrons. The zero-order valence-corrected chi connectivity index (χ0v) is 19.3. The first-order chi connectivity index (χ1) is 13.3. The summed E-state index contributed by atoms with van der Waals surface area (Å²) in [5, 5.41) is 0. The van der Waals surface area contributed by atoms with Gasteiger partial charge in [0, 0.05) is 12.8 Å². The van der Waals surface area contributed by atoms with Gasteiger partial charge in [0.25, 0.3) is 0 Å². The molecule has 0 aromatic heterocycles. The van der Waals surface area contributed by atoms with Crippen LogP contribution in [0.15, 0.2) is 11.1 Å². The molecule has 0 saturated heterocycles. The molecule has 0 aromatic carbocycles. The predicted molar refractivity (Wildman–Crippen MR) is 118 cm³/mol. The second kappa shape index (κ2) is 7.59. The lowest BCUT2D eigenvalue weighted by molar-refractivity contribution is -0.127. The molecule has 6 atom stereocenters. The maximum absolute atomic E-state index is 12.1. The van der Waals surface area contributed by atoms with E-state index >= 15 is 0 Å². The summed E-state index contributed by atoms with van der Waals surface area (Å²) >= 11 is 0. The van der Waals surface area contributed by atoms with Gasteiger partial charge in [-0.05, 0) is 85.4 Å². The number of rotatable bonds is 5. The summed E-state index contributed by atoms with van der Waals surface area (Å²) in [6.07, 6.45) is 15.3. The van der Waals surface area contributed by atoms with Gasteiger partial charge in [-0.25, -0.2) is 0 Å². The molecule has 28 heavy (non-hydrogen) atoms. The van der Waals surface area contributed by atoms with Crippen LogP contribution in [-0.4, -0.2) is 5.78 Å². The van der Waals surface area contributed by atoms with E-state index in [4.69, 9.17) is 0 Å². The predicted octanol–water partition coefficient (Wildman–Crippen LogP) is 7.74. The Morgan fingerprint density at radius 3 is 2.50 bits per heavy atom. The average molecular weight is 385 g/mol. The maximum Gasteiger partial charge on any atom is 0.133 e. The second-order valence-corrected chi connectivity index (χ2v) is 11.9. The standard InChI is InChI=1S/C27H44O/c1-18(2)7-6-8-19(3)23-11-12-24-22-10-9-20-17-21(28)13-15-26(20,4)25(22)14-16-27(23,24)5/h18-20,23,25H,6-17H2,1-5H3/t19-,20-,23-,25+,26+,27-/m1/s1. The molecule has 0 aliphatic heterocycles. The first-order valence-corrected chi connectivity index (χ1v) is 12.5. The molecule has 3 saturated carbocycles. The van der Waals surface area contributed by atoms with E-state index in [1.807, 2.05) is 11.1 Å². The molecule has 4 rings (SSSR count). The Morgan fingerprint density at radius 1 is 0.964 bits per heavy atom. The van der Waals surface area contributed by atoms with Gasteiger partial charge in [-0.15, -0.1) is 0 Å². The van der Waals surface area contributed by atoms with Crippen molar-refractivity contribution >= 4 is 5.78 Å². The molecule has 0 radical (unpaired) electrons. The average Bonchev–Trinajstić information content (AvgIpc) is 2.99. The van der Waals surface area contributed by atoms with Gasteiger partial charge < -0.3 is 0 Å². The number of fused-ring (bicyclic) bond motifs is 4. The van der Waals surface area contributed by atoms with Gasteiger partial charge in [-0.2, -0.15) is 0 Å². The fourth-order valence-corrected chi connectivity index (χ4v) is 8.28. The molecule has 0 heterocycles. The summed E-state index contributed by atoms with van der Waals surface area (Å²) in [7, 11) is 0. The van der Waals surface area contributed by atoms with Crippen molar-refractivity contribution in [3.63, 3.8) is 0 Å². The Hall–Kier alpha value is -0.590. The Bertz CT molecular complexity index is 643. The minimum absolute atomic E-state index is 0.413. The topological polar surface area (TPSA) is 17.1 Å². The highest BCUT2D eigenvalue weighted by atomic mass is 16.1. The summed E-state index contributed by atoms with van der Waals surface area (Å²) < 4.78 is 0. The summed E-state index contributed by atoms with van der Waals surface area (Å²) in [6, 6.07) is 0. The molecule has 0 bridgehead atoms. The highest BCUT2D eigenvalue weighted by Crippen LogP contribution is 2.65. The van der Waals surface area contributed by atoms with Crippen LogP contribution >= 0.6 is 0 Å². The lowest BCUT2D eigenvalue weighted by Gasteiger charge is -2.56. The van der Waals surface area contributed by atoms with Crippen LogP contribution in [0.1, 0.15) is 112 Å². The van der Waals surface area contributed by atoms with E-state index in [0.717, 1.165) is 42.9 Å². The number of carbonyl (C=O) groups excluding carboxylic acids is 1. The molecular weight excluding hydrogens is 340 g/mol.